The normalized spacial score (nSPS) is 13.3. The van der Waals surface area contributed by atoms with E-state index >= 15 is 0 Å². The van der Waals surface area contributed by atoms with Crippen LogP contribution in [0.1, 0.15) is 36.9 Å². The van der Waals surface area contributed by atoms with Gasteiger partial charge in [-0.25, -0.2) is 0 Å². The number of hydrogen-bond donors (Lipinski definition) is 1. The molecule has 3 nitrogen and oxygen atoms in total. The van der Waals surface area contributed by atoms with Gasteiger partial charge in [-0.3, -0.25) is 4.79 Å². The third-order valence-corrected chi connectivity index (χ3v) is 4.33. The summed E-state index contributed by atoms with van der Waals surface area (Å²) in [7, 11) is 0. The fourth-order valence-corrected chi connectivity index (χ4v) is 2.67. The Kier molecular flexibility index (Phi) is 6.81. The molecule has 1 unspecified atom stereocenters. The molecule has 1 N–H and O–H groups in total. The van der Waals surface area contributed by atoms with Crippen molar-refractivity contribution in [3.8, 4) is 0 Å². The van der Waals surface area contributed by atoms with E-state index in [1.54, 1.807) is 0 Å². The number of carbonyl (C=O) groups excluding carboxylic acids is 1. The maximum atomic E-state index is 11.1. The van der Waals surface area contributed by atoms with Gasteiger partial charge in [0.1, 0.15) is 0 Å². The molecule has 0 saturated carbocycles. The van der Waals surface area contributed by atoms with E-state index in [0.717, 1.165) is 16.6 Å². The third-order valence-electron chi connectivity index (χ3n) is 3.80. The average molecular weight is 376 g/mol. The van der Waals surface area contributed by atoms with E-state index in [1.807, 2.05) is 30.3 Å². The molecule has 4 heteroatoms. The summed E-state index contributed by atoms with van der Waals surface area (Å²) in [5, 5.41) is 3.53. The van der Waals surface area contributed by atoms with Gasteiger partial charge in [-0.1, -0.05) is 58.4 Å². The van der Waals surface area contributed by atoms with Gasteiger partial charge >= 0.3 is 5.97 Å². The number of esters is 1. The van der Waals surface area contributed by atoms with Gasteiger partial charge in [-0.05, 0) is 30.2 Å². The highest BCUT2D eigenvalue weighted by Gasteiger charge is 2.15. The summed E-state index contributed by atoms with van der Waals surface area (Å²) in [5.41, 5.74) is 2.40. The first-order chi connectivity index (χ1) is 11.1. The molecule has 0 fully saturated rings. The zero-order chi connectivity index (χ0) is 16.7. The van der Waals surface area contributed by atoms with Crippen molar-refractivity contribution >= 4 is 21.9 Å². The minimum atomic E-state index is -0.247. The minimum absolute atomic E-state index is 0.123. The van der Waals surface area contributed by atoms with E-state index in [-0.39, 0.29) is 17.9 Å². The number of halogens is 1. The molecule has 0 radical (unpaired) electrons. The zero-order valence-electron chi connectivity index (χ0n) is 13.5. The maximum Gasteiger partial charge on any atom is 0.302 e. The molecule has 0 aliphatic carbocycles. The van der Waals surface area contributed by atoms with Crippen LogP contribution in [0.4, 0.5) is 0 Å². The number of nitrogens with one attached hydrogen (secondary N) is 1. The molecule has 0 amide bonds. The number of benzene rings is 2. The standard InChI is InChI=1S/C19H22BrNO2/c1-14(16-6-4-3-5-7-16)21-12-18(13-23-15(2)22)17-8-10-19(20)11-9-17/h3-11,14,18,21H,12-13H2,1-2H3/t14-,18?/m1/s1. The maximum absolute atomic E-state index is 11.1. The molecule has 122 valence electrons. The lowest BCUT2D eigenvalue weighted by atomic mass is 9.99. The van der Waals surface area contributed by atoms with Gasteiger partial charge in [0.2, 0.25) is 0 Å². The van der Waals surface area contributed by atoms with Gasteiger partial charge in [0.25, 0.3) is 0 Å². The fourth-order valence-electron chi connectivity index (χ4n) is 2.40. The van der Waals surface area contributed by atoms with Crippen molar-refractivity contribution in [1.82, 2.24) is 5.32 Å². The van der Waals surface area contributed by atoms with Crippen molar-refractivity contribution < 1.29 is 9.53 Å². The number of hydrogen-bond acceptors (Lipinski definition) is 3. The number of ether oxygens (including phenoxy) is 1. The Balaban J connectivity index is 2.02. The second-order valence-electron chi connectivity index (χ2n) is 5.59. The second-order valence-corrected chi connectivity index (χ2v) is 6.51. The zero-order valence-corrected chi connectivity index (χ0v) is 15.0. The molecule has 0 saturated heterocycles. The Bertz CT molecular complexity index is 613. The first-order valence-electron chi connectivity index (χ1n) is 7.73. The van der Waals surface area contributed by atoms with Crippen molar-refractivity contribution in [2.45, 2.75) is 25.8 Å². The van der Waals surface area contributed by atoms with Gasteiger partial charge in [-0.2, -0.15) is 0 Å². The topological polar surface area (TPSA) is 38.3 Å². The largest absolute Gasteiger partial charge is 0.465 e. The predicted octanol–water partition coefficient (Wildman–Crippen LogP) is 4.45. The summed E-state index contributed by atoms with van der Waals surface area (Å²) in [4.78, 5) is 11.1. The van der Waals surface area contributed by atoms with Gasteiger partial charge in [0, 0.05) is 29.9 Å². The van der Waals surface area contributed by atoms with Crippen molar-refractivity contribution in [2.24, 2.45) is 0 Å². The quantitative estimate of drug-likeness (QED) is 0.726. The van der Waals surface area contributed by atoms with Crippen LogP contribution in [0.3, 0.4) is 0 Å². The molecule has 0 bridgehead atoms. The first kappa shape index (κ1) is 17.7. The second kappa shape index (κ2) is 8.85. The lowest BCUT2D eigenvalue weighted by Crippen LogP contribution is -2.27. The van der Waals surface area contributed by atoms with Gasteiger partial charge in [0.15, 0.2) is 0 Å². The Hall–Kier alpha value is -1.65. The highest BCUT2D eigenvalue weighted by Crippen LogP contribution is 2.20. The minimum Gasteiger partial charge on any atom is -0.465 e. The molecule has 23 heavy (non-hydrogen) atoms. The van der Waals surface area contributed by atoms with Crippen LogP contribution in [-0.2, 0) is 9.53 Å². The summed E-state index contributed by atoms with van der Waals surface area (Å²) in [6.07, 6.45) is 0. The smallest absolute Gasteiger partial charge is 0.302 e. The van der Waals surface area contributed by atoms with Crippen molar-refractivity contribution in [2.75, 3.05) is 13.2 Å². The van der Waals surface area contributed by atoms with Crippen LogP contribution >= 0.6 is 15.9 Å². The van der Waals surface area contributed by atoms with E-state index in [0.29, 0.717) is 6.61 Å². The summed E-state index contributed by atoms with van der Waals surface area (Å²) in [6.45, 7) is 4.70. The molecule has 2 aromatic carbocycles. The molecule has 2 rings (SSSR count). The highest BCUT2D eigenvalue weighted by atomic mass is 79.9. The van der Waals surface area contributed by atoms with E-state index in [4.69, 9.17) is 4.74 Å². The predicted molar refractivity (Wildman–Crippen MR) is 96.4 cm³/mol. The lowest BCUT2D eigenvalue weighted by molar-refractivity contribution is -0.141. The van der Waals surface area contributed by atoms with Crippen LogP contribution in [0.25, 0.3) is 0 Å². The van der Waals surface area contributed by atoms with Crippen molar-refractivity contribution in [3.63, 3.8) is 0 Å². The van der Waals surface area contributed by atoms with E-state index < -0.39 is 0 Å². The van der Waals surface area contributed by atoms with Crippen molar-refractivity contribution in [3.05, 3.63) is 70.2 Å². The summed E-state index contributed by atoms with van der Waals surface area (Å²) in [6, 6.07) is 18.7. The van der Waals surface area contributed by atoms with E-state index in [1.165, 1.54) is 12.5 Å². The summed E-state index contributed by atoms with van der Waals surface area (Å²) < 4.78 is 6.28. The third kappa shape index (κ3) is 5.81. The fraction of sp³-hybridized carbons (Fsp3) is 0.316. The van der Waals surface area contributed by atoms with Crippen LogP contribution in [-0.4, -0.2) is 19.1 Å². The molecule has 0 spiro atoms. The monoisotopic (exact) mass is 375 g/mol. The number of carbonyl (C=O) groups is 1. The van der Waals surface area contributed by atoms with E-state index in [2.05, 4.69) is 52.4 Å². The van der Waals surface area contributed by atoms with Crippen LogP contribution in [0.5, 0.6) is 0 Å². The average Bonchev–Trinajstić information content (AvgIpc) is 2.56. The lowest BCUT2D eigenvalue weighted by Gasteiger charge is -2.21. The molecule has 0 aliphatic heterocycles. The van der Waals surface area contributed by atoms with E-state index in [9.17, 15) is 4.79 Å². The van der Waals surface area contributed by atoms with Gasteiger partial charge < -0.3 is 10.1 Å². The molecule has 0 heterocycles. The molecular formula is C19H22BrNO2. The first-order valence-corrected chi connectivity index (χ1v) is 8.52. The van der Waals surface area contributed by atoms with Gasteiger partial charge in [-0.15, -0.1) is 0 Å². The Labute approximate surface area is 146 Å². The van der Waals surface area contributed by atoms with Crippen LogP contribution in [0.15, 0.2) is 59.1 Å². The van der Waals surface area contributed by atoms with Crippen LogP contribution in [0, 0.1) is 0 Å². The molecular weight excluding hydrogens is 354 g/mol. The SMILES string of the molecule is CC(=O)OCC(CN[C@H](C)c1ccccc1)c1ccc(Br)cc1. The molecule has 0 aliphatic rings. The van der Waals surface area contributed by atoms with Crippen LogP contribution < -0.4 is 5.32 Å². The number of rotatable bonds is 7. The van der Waals surface area contributed by atoms with Gasteiger partial charge in [0.05, 0.1) is 6.61 Å². The summed E-state index contributed by atoms with van der Waals surface area (Å²) >= 11 is 3.45. The Morgan fingerprint density at radius 3 is 2.35 bits per heavy atom. The molecule has 2 atom stereocenters. The van der Waals surface area contributed by atoms with Crippen molar-refractivity contribution in [1.29, 1.82) is 0 Å². The molecule has 0 aromatic heterocycles. The Morgan fingerprint density at radius 1 is 1.09 bits per heavy atom. The Morgan fingerprint density at radius 2 is 1.74 bits per heavy atom. The molecule has 2 aromatic rings. The summed E-state index contributed by atoms with van der Waals surface area (Å²) in [5.74, 6) is -0.124. The highest BCUT2D eigenvalue weighted by molar-refractivity contribution is 9.10. The van der Waals surface area contributed by atoms with Crippen LogP contribution in [0.2, 0.25) is 0 Å².